The number of carbonyl (C=O) groups is 1. The second-order valence-corrected chi connectivity index (χ2v) is 8.72. The summed E-state index contributed by atoms with van der Waals surface area (Å²) >= 11 is 6.36. The van der Waals surface area contributed by atoms with Crippen molar-refractivity contribution in [3.8, 4) is 11.5 Å². The van der Waals surface area contributed by atoms with Crippen LogP contribution in [-0.4, -0.2) is 50.1 Å². The van der Waals surface area contributed by atoms with Crippen molar-refractivity contribution in [1.29, 1.82) is 0 Å². The van der Waals surface area contributed by atoms with Gasteiger partial charge in [0, 0.05) is 34.4 Å². The lowest BCUT2D eigenvalue weighted by atomic mass is 9.94. The number of ether oxygens (including phenoxy) is 2. The average molecular weight is 521 g/mol. The summed E-state index contributed by atoms with van der Waals surface area (Å²) in [6.07, 6.45) is 0. The fourth-order valence-corrected chi connectivity index (χ4v) is 4.51. The number of benzene rings is 3. The smallest absolute Gasteiger partial charge is 0.339 e. The summed E-state index contributed by atoms with van der Waals surface area (Å²) in [4.78, 5) is 21.0. The van der Waals surface area contributed by atoms with Gasteiger partial charge in [-0.1, -0.05) is 23.7 Å². The molecule has 0 bridgehead atoms. The molecule has 2 heterocycles. The molecule has 0 atom stereocenters. The Labute approximate surface area is 217 Å². The van der Waals surface area contributed by atoms with Gasteiger partial charge in [-0.25, -0.2) is 14.2 Å². The zero-order valence-electron chi connectivity index (χ0n) is 19.9. The molecule has 5 rings (SSSR count). The van der Waals surface area contributed by atoms with E-state index in [2.05, 4.69) is 10.6 Å². The molecule has 3 aromatic rings. The van der Waals surface area contributed by atoms with E-state index in [0.717, 1.165) is 11.1 Å². The van der Waals surface area contributed by atoms with Crippen LogP contribution >= 0.6 is 11.6 Å². The van der Waals surface area contributed by atoms with Gasteiger partial charge < -0.3 is 25.2 Å². The van der Waals surface area contributed by atoms with Crippen LogP contribution in [0.5, 0.6) is 11.5 Å². The quantitative estimate of drug-likeness (QED) is 0.445. The molecular weight excluding hydrogens is 499 g/mol. The van der Waals surface area contributed by atoms with Gasteiger partial charge in [0.25, 0.3) is 0 Å². The molecule has 2 aliphatic rings. The summed E-state index contributed by atoms with van der Waals surface area (Å²) in [5.74, 6) is -0.488. The van der Waals surface area contributed by atoms with Crippen molar-refractivity contribution in [3.05, 3.63) is 93.3 Å². The molecule has 0 amide bonds. The maximum Gasteiger partial charge on any atom is 0.339 e. The third-order valence-corrected chi connectivity index (χ3v) is 6.31. The number of aromatic carboxylic acids is 1. The van der Waals surface area contributed by atoms with Crippen LogP contribution in [0, 0.1) is 5.82 Å². The van der Waals surface area contributed by atoms with Crippen LogP contribution in [0.2, 0.25) is 5.02 Å². The van der Waals surface area contributed by atoms with Crippen molar-refractivity contribution in [1.82, 2.24) is 5.32 Å². The number of guanidine groups is 1. The number of fused-ring (bicyclic) bond motifs is 2. The number of hydrogen-bond donors (Lipinski definition) is 3. The topological polar surface area (TPSA) is 105 Å². The Morgan fingerprint density at radius 1 is 1.08 bits per heavy atom. The Hall–Kier alpha value is -4.37. The van der Waals surface area contributed by atoms with Crippen molar-refractivity contribution in [2.24, 2.45) is 9.98 Å². The van der Waals surface area contributed by atoms with E-state index < -0.39 is 11.8 Å². The number of carboxylic acid groups (broad SMARTS) is 1. The van der Waals surface area contributed by atoms with Gasteiger partial charge in [0.1, 0.15) is 22.9 Å². The predicted molar refractivity (Wildman–Crippen MR) is 141 cm³/mol. The Kier molecular flexibility index (Phi) is 6.54. The second kappa shape index (κ2) is 9.94. The zero-order valence-corrected chi connectivity index (χ0v) is 20.7. The van der Waals surface area contributed by atoms with E-state index >= 15 is 4.39 Å². The summed E-state index contributed by atoms with van der Waals surface area (Å²) in [6.45, 7) is 0.734. The molecule has 3 N–H and O–H groups in total. The molecule has 0 saturated heterocycles. The van der Waals surface area contributed by atoms with Crippen LogP contribution in [0.25, 0.3) is 5.70 Å². The molecule has 37 heavy (non-hydrogen) atoms. The first-order valence-corrected chi connectivity index (χ1v) is 11.7. The summed E-state index contributed by atoms with van der Waals surface area (Å²) < 4.78 is 25.7. The lowest BCUT2D eigenvalue weighted by Crippen LogP contribution is -2.35. The first kappa shape index (κ1) is 24.3. The molecule has 0 aliphatic carbocycles. The second-order valence-electron chi connectivity index (χ2n) is 8.28. The van der Waals surface area contributed by atoms with Crippen LogP contribution in [-0.2, 0) is 0 Å². The maximum atomic E-state index is 15.1. The number of rotatable bonds is 5. The number of halogens is 2. The Bertz CT molecular complexity index is 1520. The van der Waals surface area contributed by atoms with E-state index in [-0.39, 0.29) is 16.9 Å². The molecule has 3 aromatic carbocycles. The molecule has 8 nitrogen and oxygen atoms in total. The molecule has 0 aromatic heterocycles. The van der Waals surface area contributed by atoms with Crippen LogP contribution in [0.1, 0.15) is 27.0 Å². The number of methoxy groups -OCH3 is 2. The third kappa shape index (κ3) is 4.61. The minimum Gasteiger partial charge on any atom is -0.496 e. The molecule has 2 aliphatic heterocycles. The van der Waals surface area contributed by atoms with Gasteiger partial charge in [-0.15, -0.1) is 0 Å². The number of nitrogens with one attached hydrogen (secondary N) is 2. The lowest BCUT2D eigenvalue weighted by Gasteiger charge is -2.21. The molecule has 0 unspecified atom stereocenters. The Morgan fingerprint density at radius 3 is 2.65 bits per heavy atom. The van der Waals surface area contributed by atoms with Gasteiger partial charge in [-0.05, 0) is 42.0 Å². The van der Waals surface area contributed by atoms with Gasteiger partial charge in [0.05, 0.1) is 37.7 Å². The SMILES string of the molecule is COc1cc(NC2=NC3=C(CN=C(c4c(F)cccc4OC)c4cc(Cl)ccc43)CN2)ccc1C(=O)O. The zero-order chi connectivity index (χ0) is 26.1. The first-order chi connectivity index (χ1) is 17.9. The third-order valence-electron chi connectivity index (χ3n) is 6.07. The number of aliphatic imine (C=N–C) groups is 2. The molecular formula is C27H22ClFN4O4. The lowest BCUT2D eigenvalue weighted by molar-refractivity contribution is 0.0693. The van der Waals surface area contributed by atoms with Gasteiger partial charge in [0.2, 0.25) is 5.96 Å². The highest BCUT2D eigenvalue weighted by Gasteiger charge is 2.27. The van der Waals surface area contributed by atoms with Crippen LogP contribution in [0.4, 0.5) is 10.1 Å². The highest BCUT2D eigenvalue weighted by Crippen LogP contribution is 2.35. The van der Waals surface area contributed by atoms with E-state index in [4.69, 9.17) is 31.1 Å². The Morgan fingerprint density at radius 2 is 1.89 bits per heavy atom. The van der Waals surface area contributed by atoms with Crippen molar-refractivity contribution in [2.75, 3.05) is 32.6 Å². The van der Waals surface area contributed by atoms with E-state index in [9.17, 15) is 9.90 Å². The van der Waals surface area contributed by atoms with E-state index in [0.29, 0.717) is 52.5 Å². The van der Waals surface area contributed by atoms with E-state index in [1.54, 1.807) is 36.4 Å². The normalized spacial score (nSPS) is 14.4. The fraction of sp³-hybridized carbons (Fsp3) is 0.148. The summed E-state index contributed by atoms with van der Waals surface area (Å²) in [5.41, 5.74) is 4.33. The fourth-order valence-electron chi connectivity index (χ4n) is 4.34. The van der Waals surface area contributed by atoms with Gasteiger partial charge in [-0.3, -0.25) is 4.99 Å². The van der Waals surface area contributed by atoms with Crippen LogP contribution in [0.3, 0.4) is 0 Å². The standard InChI is InChI=1S/C27H22ClFN4O4/c1-36-21-5-3-4-20(29)23(21)25-19-10-15(28)6-8-17(19)24-14(12-30-25)13-31-27(33-24)32-16-7-9-18(26(34)35)22(11-16)37-2/h3-11H,12-13H2,1-2H3,(H,34,35)(H2,31,32,33). The van der Waals surface area contributed by atoms with Crippen LogP contribution < -0.4 is 20.1 Å². The summed E-state index contributed by atoms with van der Waals surface area (Å²) in [5, 5.41) is 16.2. The number of hydrogen-bond acceptors (Lipinski definition) is 7. The highest BCUT2D eigenvalue weighted by atomic mass is 35.5. The van der Waals surface area contributed by atoms with Crippen molar-refractivity contribution in [3.63, 3.8) is 0 Å². The van der Waals surface area contributed by atoms with Gasteiger partial charge in [0.15, 0.2) is 0 Å². The van der Waals surface area contributed by atoms with Crippen molar-refractivity contribution in [2.45, 2.75) is 0 Å². The molecule has 188 valence electrons. The average Bonchev–Trinajstić information content (AvgIpc) is 3.04. The minimum absolute atomic E-state index is 0.0550. The monoisotopic (exact) mass is 520 g/mol. The molecule has 0 radical (unpaired) electrons. The molecule has 0 spiro atoms. The highest BCUT2D eigenvalue weighted by molar-refractivity contribution is 6.31. The van der Waals surface area contributed by atoms with E-state index in [1.807, 2.05) is 6.07 Å². The Balaban J connectivity index is 1.56. The van der Waals surface area contributed by atoms with Crippen LogP contribution in [0.15, 0.2) is 70.2 Å². The number of nitrogens with zero attached hydrogens (tertiary/aromatic N) is 2. The van der Waals surface area contributed by atoms with Crippen molar-refractivity contribution >= 4 is 40.6 Å². The van der Waals surface area contributed by atoms with Gasteiger partial charge >= 0.3 is 5.97 Å². The predicted octanol–water partition coefficient (Wildman–Crippen LogP) is 4.83. The van der Waals surface area contributed by atoms with Gasteiger partial charge in [-0.2, -0.15) is 0 Å². The molecule has 0 saturated carbocycles. The van der Waals surface area contributed by atoms with E-state index in [1.165, 1.54) is 26.4 Å². The number of anilines is 1. The molecule has 0 fully saturated rings. The van der Waals surface area contributed by atoms with Crippen molar-refractivity contribution < 1.29 is 23.8 Å². The molecule has 10 heteroatoms. The first-order valence-electron chi connectivity index (χ1n) is 11.3. The summed E-state index contributed by atoms with van der Waals surface area (Å²) in [7, 11) is 2.90. The minimum atomic E-state index is -1.08. The maximum absolute atomic E-state index is 15.1. The number of carboxylic acids is 1. The summed E-state index contributed by atoms with van der Waals surface area (Å²) in [6, 6.07) is 14.7. The largest absolute Gasteiger partial charge is 0.496 e.